The summed E-state index contributed by atoms with van der Waals surface area (Å²) in [6.07, 6.45) is 3.61. The summed E-state index contributed by atoms with van der Waals surface area (Å²) in [5.74, 6) is 0.291. The Morgan fingerprint density at radius 2 is 2.05 bits per heavy atom. The van der Waals surface area contributed by atoms with Gasteiger partial charge < -0.3 is 5.32 Å². The van der Waals surface area contributed by atoms with Crippen molar-refractivity contribution in [1.82, 2.24) is 5.32 Å². The zero-order valence-electron chi connectivity index (χ0n) is 10.7. The minimum Gasteiger partial charge on any atom is -0.356 e. The van der Waals surface area contributed by atoms with Crippen molar-refractivity contribution in [1.29, 1.82) is 0 Å². The van der Waals surface area contributed by atoms with E-state index in [2.05, 4.69) is 5.32 Å². The van der Waals surface area contributed by atoms with Gasteiger partial charge in [0, 0.05) is 29.4 Å². The number of carbonyl (C=O) groups is 1. The predicted octanol–water partition coefficient (Wildman–Crippen LogP) is 3.94. The van der Waals surface area contributed by atoms with Gasteiger partial charge in [-0.25, -0.2) is 4.39 Å². The molecule has 1 amide bonds. The van der Waals surface area contributed by atoms with E-state index in [1.54, 1.807) is 12.1 Å². The van der Waals surface area contributed by atoms with Crippen molar-refractivity contribution in [3.8, 4) is 0 Å². The smallest absolute Gasteiger partial charge is 0.220 e. The highest BCUT2D eigenvalue weighted by molar-refractivity contribution is 6.31. The van der Waals surface area contributed by atoms with E-state index in [-0.39, 0.29) is 11.7 Å². The Kier molecular flexibility index (Phi) is 7.84. The molecule has 0 bridgehead atoms. The molecule has 2 nitrogen and oxygen atoms in total. The van der Waals surface area contributed by atoms with E-state index in [9.17, 15) is 9.18 Å². The number of carbonyl (C=O) groups excluding carboxylic acids is 1. The summed E-state index contributed by atoms with van der Waals surface area (Å²) in [4.78, 5) is 11.5. The Balaban J connectivity index is 2.24. The first-order valence-corrected chi connectivity index (χ1v) is 7.32. The second-order valence-electron chi connectivity index (χ2n) is 4.30. The first-order valence-electron chi connectivity index (χ1n) is 6.40. The molecule has 0 heterocycles. The molecule has 0 aromatic heterocycles. The quantitative estimate of drug-likeness (QED) is 0.572. The van der Waals surface area contributed by atoms with E-state index < -0.39 is 0 Å². The van der Waals surface area contributed by atoms with Gasteiger partial charge >= 0.3 is 0 Å². The molecule has 1 N–H and O–H groups in total. The van der Waals surface area contributed by atoms with Gasteiger partial charge in [-0.1, -0.05) is 24.1 Å². The van der Waals surface area contributed by atoms with Crippen molar-refractivity contribution >= 4 is 29.1 Å². The predicted molar refractivity (Wildman–Crippen MR) is 77.3 cm³/mol. The molecule has 0 saturated heterocycles. The Hall–Kier alpha value is -0.800. The van der Waals surface area contributed by atoms with Gasteiger partial charge in [0.1, 0.15) is 5.82 Å². The molecule has 0 aliphatic carbocycles. The van der Waals surface area contributed by atoms with Gasteiger partial charge in [-0.3, -0.25) is 4.79 Å². The minimum absolute atomic E-state index is 0.0120. The van der Waals surface area contributed by atoms with Crippen molar-refractivity contribution < 1.29 is 9.18 Å². The van der Waals surface area contributed by atoms with Crippen LogP contribution in [0.15, 0.2) is 18.2 Å². The van der Waals surface area contributed by atoms with Crippen LogP contribution in [0.1, 0.15) is 31.2 Å². The van der Waals surface area contributed by atoms with Crippen LogP contribution in [0, 0.1) is 5.82 Å². The van der Waals surface area contributed by atoms with Crippen LogP contribution in [-0.4, -0.2) is 18.3 Å². The average molecular weight is 306 g/mol. The third-order valence-electron chi connectivity index (χ3n) is 2.80. The van der Waals surface area contributed by atoms with Crippen LogP contribution >= 0.6 is 23.2 Å². The lowest BCUT2D eigenvalue weighted by atomic mass is 10.1. The number of benzene rings is 1. The van der Waals surface area contributed by atoms with E-state index >= 15 is 0 Å². The number of unbranched alkanes of at least 4 members (excludes halogenated alkanes) is 2. The average Bonchev–Trinajstić information content (AvgIpc) is 2.38. The fourth-order valence-electron chi connectivity index (χ4n) is 1.74. The van der Waals surface area contributed by atoms with Crippen LogP contribution in [0.4, 0.5) is 4.39 Å². The summed E-state index contributed by atoms with van der Waals surface area (Å²) in [5.41, 5.74) is 0.451. The van der Waals surface area contributed by atoms with Gasteiger partial charge in [-0.15, -0.1) is 11.6 Å². The Bertz CT molecular complexity index is 392. The van der Waals surface area contributed by atoms with E-state index in [0.717, 1.165) is 19.3 Å². The molecule has 5 heteroatoms. The summed E-state index contributed by atoms with van der Waals surface area (Å²) < 4.78 is 13.5. The van der Waals surface area contributed by atoms with Crippen LogP contribution in [0.3, 0.4) is 0 Å². The van der Waals surface area contributed by atoms with Crippen molar-refractivity contribution in [3.05, 3.63) is 34.6 Å². The van der Waals surface area contributed by atoms with Gasteiger partial charge in [0.2, 0.25) is 5.91 Å². The fraction of sp³-hybridized carbons (Fsp3) is 0.500. The Morgan fingerprint density at radius 3 is 2.74 bits per heavy atom. The SMILES string of the molecule is O=C(CCCCCCl)NCCc1c(F)cccc1Cl. The second-order valence-corrected chi connectivity index (χ2v) is 5.08. The second kappa shape index (κ2) is 9.16. The number of hydrogen-bond donors (Lipinski definition) is 1. The van der Waals surface area contributed by atoms with Crippen LogP contribution in [0.5, 0.6) is 0 Å². The summed E-state index contributed by atoms with van der Waals surface area (Å²) in [6, 6.07) is 4.58. The number of rotatable bonds is 8. The van der Waals surface area contributed by atoms with Gasteiger partial charge in [0.25, 0.3) is 0 Å². The molecule has 0 unspecified atom stereocenters. The molecule has 19 heavy (non-hydrogen) atoms. The monoisotopic (exact) mass is 305 g/mol. The van der Waals surface area contributed by atoms with Gasteiger partial charge in [0.05, 0.1) is 0 Å². The molecule has 0 spiro atoms. The van der Waals surface area contributed by atoms with E-state index in [1.807, 2.05) is 0 Å². The number of nitrogens with one attached hydrogen (secondary N) is 1. The largest absolute Gasteiger partial charge is 0.356 e. The number of alkyl halides is 1. The Morgan fingerprint density at radius 1 is 1.26 bits per heavy atom. The molecular formula is C14H18Cl2FNO. The third-order valence-corrected chi connectivity index (χ3v) is 3.42. The zero-order valence-corrected chi connectivity index (χ0v) is 12.2. The van der Waals surface area contributed by atoms with Crippen molar-refractivity contribution in [2.45, 2.75) is 32.1 Å². The first kappa shape index (κ1) is 16.3. The standard InChI is InChI=1S/C14H18Cl2FNO/c15-9-3-1-2-7-14(19)18-10-8-11-12(16)5-4-6-13(11)17/h4-6H,1-3,7-10H2,(H,18,19). The zero-order chi connectivity index (χ0) is 14.1. The van der Waals surface area contributed by atoms with Crippen LogP contribution < -0.4 is 5.32 Å². The molecule has 0 radical (unpaired) electrons. The van der Waals surface area contributed by atoms with E-state index in [1.165, 1.54) is 6.07 Å². The minimum atomic E-state index is -0.330. The van der Waals surface area contributed by atoms with Gasteiger partial charge in [-0.05, 0) is 31.4 Å². The molecule has 1 aromatic carbocycles. The molecule has 0 saturated carbocycles. The summed E-state index contributed by atoms with van der Waals surface area (Å²) >= 11 is 11.4. The third kappa shape index (κ3) is 6.26. The molecule has 0 atom stereocenters. The maximum Gasteiger partial charge on any atom is 0.220 e. The maximum absolute atomic E-state index is 13.5. The maximum atomic E-state index is 13.5. The molecule has 0 aliphatic heterocycles. The molecule has 1 rings (SSSR count). The lowest BCUT2D eigenvalue weighted by Crippen LogP contribution is -2.25. The summed E-state index contributed by atoms with van der Waals surface area (Å²) in [5, 5.41) is 3.16. The van der Waals surface area contributed by atoms with Crippen molar-refractivity contribution in [2.75, 3.05) is 12.4 Å². The fourth-order valence-corrected chi connectivity index (χ4v) is 2.19. The number of amides is 1. The molecule has 106 valence electrons. The van der Waals surface area contributed by atoms with Crippen LogP contribution in [-0.2, 0) is 11.2 Å². The highest BCUT2D eigenvalue weighted by atomic mass is 35.5. The highest BCUT2D eigenvalue weighted by Gasteiger charge is 2.07. The topological polar surface area (TPSA) is 29.1 Å². The number of halogens is 3. The molecule has 1 aromatic rings. The van der Waals surface area contributed by atoms with Gasteiger partial charge in [-0.2, -0.15) is 0 Å². The van der Waals surface area contributed by atoms with Gasteiger partial charge in [0.15, 0.2) is 0 Å². The molecule has 0 fully saturated rings. The number of hydrogen-bond acceptors (Lipinski definition) is 1. The summed E-state index contributed by atoms with van der Waals surface area (Å²) in [7, 11) is 0. The lowest BCUT2D eigenvalue weighted by Gasteiger charge is -2.07. The van der Waals surface area contributed by atoms with Crippen LogP contribution in [0.2, 0.25) is 5.02 Å². The first-order chi connectivity index (χ1) is 9.15. The Labute approximate surface area is 123 Å². The highest BCUT2D eigenvalue weighted by Crippen LogP contribution is 2.18. The molecular weight excluding hydrogens is 288 g/mol. The van der Waals surface area contributed by atoms with Crippen molar-refractivity contribution in [3.63, 3.8) is 0 Å². The molecule has 0 aliphatic rings. The van der Waals surface area contributed by atoms with Crippen LogP contribution in [0.25, 0.3) is 0 Å². The van der Waals surface area contributed by atoms with E-state index in [4.69, 9.17) is 23.2 Å². The lowest BCUT2D eigenvalue weighted by molar-refractivity contribution is -0.121. The van der Waals surface area contributed by atoms with E-state index in [0.29, 0.717) is 35.9 Å². The summed E-state index contributed by atoms with van der Waals surface area (Å²) in [6.45, 7) is 0.398. The van der Waals surface area contributed by atoms with Crippen molar-refractivity contribution in [2.24, 2.45) is 0 Å². The normalized spacial score (nSPS) is 10.5.